The molecule has 8 aromatic rings. The molecule has 0 radical (unpaired) electrons. The number of carbonyl (C=O) groups excluding carboxylic acids is 2. The molecule has 0 unspecified atom stereocenters. The number of anilines is 2. The molecule has 2 aromatic carbocycles. The summed E-state index contributed by atoms with van der Waals surface area (Å²) in [5.41, 5.74) is 5.52. The number of amides is 1. The van der Waals surface area contributed by atoms with Gasteiger partial charge in [-0.05, 0) is 163 Å². The summed E-state index contributed by atoms with van der Waals surface area (Å²) in [5.74, 6) is -0.995. The highest BCUT2D eigenvalue weighted by Gasteiger charge is 2.39. The van der Waals surface area contributed by atoms with E-state index in [0.29, 0.717) is 47.6 Å². The fourth-order valence-electron chi connectivity index (χ4n) is 14.7. The molecule has 2 aliphatic carbocycles. The zero-order valence-electron chi connectivity index (χ0n) is 65.0. The Bertz CT molecular complexity index is 4580. The molecule has 8 aliphatic rings. The molecule has 6 aliphatic heterocycles. The molecule has 12 heterocycles. The topological polar surface area (TPSA) is 325 Å². The number of sulfonamides is 2. The van der Waals surface area contributed by atoms with Gasteiger partial charge in [-0.3, -0.25) is 28.7 Å². The number of aromatic nitrogens is 10. The van der Waals surface area contributed by atoms with Crippen LogP contribution in [0.4, 0.5) is 25.0 Å². The Morgan fingerprint density at radius 2 is 1.02 bits per heavy atom. The number of carbonyl (C=O) groups is 3. The number of amidine groups is 1. The number of nitrogens with one attached hydrogen (secondary N) is 1. The van der Waals surface area contributed by atoms with E-state index in [1.54, 1.807) is 70.5 Å². The van der Waals surface area contributed by atoms with E-state index >= 15 is 0 Å². The number of aromatic carboxylic acids is 1. The molecule has 111 heavy (non-hydrogen) atoms. The van der Waals surface area contributed by atoms with Gasteiger partial charge in [-0.15, -0.1) is 0 Å². The molecular weight excluding hydrogens is 1470 g/mol. The molecule has 6 aromatic heterocycles. The molecule has 0 bridgehead atoms. The van der Waals surface area contributed by atoms with Crippen LogP contribution < -0.4 is 19.7 Å². The van der Waals surface area contributed by atoms with Crippen LogP contribution in [0.15, 0.2) is 103 Å². The van der Waals surface area contributed by atoms with Gasteiger partial charge in [0.1, 0.15) is 30.0 Å². The normalized spacial score (nSPS) is 18.2. The highest BCUT2D eigenvalue weighted by atomic mass is 32.2. The number of hydrogen-bond donors (Lipinski definition) is 3. The molecular formula is C78H109F2N19O10S2. The molecule has 16 rings (SSSR count). The summed E-state index contributed by atoms with van der Waals surface area (Å²) in [7, 11) is -6.88. The Morgan fingerprint density at radius 3 is 1.41 bits per heavy atom. The lowest BCUT2D eigenvalue weighted by molar-refractivity contribution is 0.0115. The van der Waals surface area contributed by atoms with Crippen LogP contribution in [0.5, 0.6) is 0 Å². The first-order valence-electron chi connectivity index (χ1n) is 39.3. The largest absolute Gasteiger partial charge is 0.477 e. The predicted molar refractivity (Wildman–Crippen MR) is 425 cm³/mol. The number of carboxylic acid groups (broad SMARTS) is 1. The number of primary sulfonamides is 1. The SMILES string of the molecule is C1CCC2=NCCCN2CC1.CC(C)c1nn(-c2ccc(F)cc2)c2nc(C(=O)NS(=O)(=O)C3CC3)cc(N3CCC(N4CCOCC4)CC3)c12.CC(C)c1nn(-c2ccc(F)cc2)c2nc(C(=O)O)cc(N3CCC(N4CCOCC4)CC3)c12.CCN(CC)CC.NS(=O)(=O)C1CC1.O=C(n1ccnc1)n1ccnc1. The van der Waals surface area contributed by atoms with Crippen LogP contribution in [0.1, 0.15) is 176 Å². The van der Waals surface area contributed by atoms with Crippen molar-refractivity contribution in [2.45, 2.75) is 166 Å². The first-order chi connectivity index (χ1) is 53.4. The maximum absolute atomic E-state index is 13.7. The van der Waals surface area contributed by atoms with Gasteiger partial charge >= 0.3 is 12.0 Å². The minimum absolute atomic E-state index is 0.0144. The number of rotatable bonds is 16. The minimum atomic E-state index is -3.75. The number of aliphatic imine (C=N–C) groups is 1. The number of piperidine rings is 2. The van der Waals surface area contributed by atoms with E-state index < -0.39 is 37.2 Å². The lowest BCUT2D eigenvalue weighted by Gasteiger charge is -2.41. The predicted octanol–water partition coefficient (Wildman–Crippen LogP) is 9.93. The Kier molecular flexibility index (Phi) is 29.0. The van der Waals surface area contributed by atoms with Gasteiger partial charge in [0.25, 0.3) is 5.91 Å². The Balaban J connectivity index is 0.000000152. The van der Waals surface area contributed by atoms with Crippen molar-refractivity contribution >= 4 is 77.2 Å². The van der Waals surface area contributed by atoms with Gasteiger partial charge in [-0.25, -0.2) is 74.4 Å². The van der Waals surface area contributed by atoms with Gasteiger partial charge in [-0.2, -0.15) is 10.2 Å². The van der Waals surface area contributed by atoms with Crippen LogP contribution in [0, 0.1) is 11.6 Å². The molecule has 0 atom stereocenters. The first-order valence-corrected chi connectivity index (χ1v) is 42.4. The fraction of sp³-hybridized carbons (Fsp3) is 0.564. The van der Waals surface area contributed by atoms with Crippen LogP contribution in [0.2, 0.25) is 0 Å². The van der Waals surface area contributed by atoms with Crippen molar-refractivity contribution in [1.82, 2.24) is 73.0 Å². The number of fused-ring (bicyclic) bond motifs is 3. The zero-order chi connectivity index (χ0) is 78.9. The first kappa shape index (κ1) is 83.2. The fourth-order valence-corrected chi connectivity index (χ4v) is 16.7. The molecule has 7 fully saturated rings. The number of halogens is 2. The van der Waals surface area contributed by atoms with E-state index in [1.807, 2.05) is 13.8 Å². The number of hydrogen-bond acceptors (Lipinski definition) is 22. The summed E-state index contributed by atoms with van der Waals surface area (Å²) in [6.45, 7) is 32.1. The Hall–Kier alpha value is -8.70. The highest BCUT2D eigenvalue weighted by Crippen LogP contribution is 2.39. The maximum Gasteiger partial charge on any atom is 0.354 e. The van der Waals surface area contributed by atoms with Crippen molar-refractivity contribution < 1.29 is 54.6 Å². The van der Waals surface area contributed by atoms with E-state index in [-0.39, 0.29) is 46.1 Å². The molecule has 29 nitrogen and oxygen atoms in total. The molecule has 33 heteroatoms. The second-order valence-corrected chi connectivity index (χ2v) is 33.4. The van der Waals surface area contributed by atoms with Crippen LogP contribution in [-0.2, 0) is 29.5 Å². The monoisotopic (exact) mass is 1570 g/mol. The van der Waals surface area contributed by atoms with Crippen molar-refractivity contribution in [3.8, 4) is 11.4 Å². The van der Waals surface area contributed by atoms with Crippen LogP contribution >= 0.6 is 0 Å². The lowest BCUT2D eigenvalue weighted by atomic mass is 10.00. The summed E-state index contributed by atoms with van der Waals surface area (Å²) < 4.78 is 92.1. The molecule has 4 N–H and O–H groups in total. The average molecular weight is 1570 g/mol. The third kappa shape index (κ3) is 22.0. The highest BCUT2D eigenvalue weighted by molar-refractivity contribution is 7.91. The molecule has 5 saturated heterocycles. The van der Waals surface area contributed by atoms with Gasteiger partial charge in [0.05, 0.1) is 87.7 Å². The number of imidazole rings is 2. The number of benzene rings is 2. The van der Waals surface area contributed by atoms with E-state index in [9.17, 15) is 45.1 Å². The number of carboxylic acids is 1. The van der Waals surface area contributed by atoms with Gasteiger partial charge < -0.3 is 34.2 Å². The van der Waals surface area contributed by atoms with Crippen molar-refractivity contribution in [2.75, 3.05) is 128 Å². The lowest BCUT2D eigenvalue weighted by Crippen LogP contribution is -2.49. The van der Waals surface area contributed by atoms with E-state index in [2.05, 4.69) is 93.7 Å². The molecule has 602 valence electrons. The van der Waals surface area contributed by atoms with E-state index in [0.717, 1.165) is 157 Å². The summed E-state index contributed by atoms with van der Waals surface area (Å²) in [6, 6.07) is 16.1. The van der Waals surface area contributed by atoms with E-state index in [4.69, 9.17) is 24.8 Å². The van der Waals surface area contributed by atoms with Crippen molar-refractivity contribution in [1.29, 1.82) is 0 Å². The minimum Gasteiger partial charge on any atom is -0.477 e. The number of ether oxygens (including phenoxy) is 2. The summed E-state index contributed by atoms with van der Waals surface area (Å²) >= 11 is 0. The second kappa shape index (κ2) is 38.7. The third-order valence-electron chi connectivity index (χ3n) is 21.3. The third-order valence-corrected chi connectivity index (χ3v) is 24.5. The van der Waals surface area contributed by atoms with E-state index in [1.165, 1.54) is 117 Å². The van der Waals surface area contributed by atoms with Crippen LogP contribution in [0.3, 0.4) is 0 Å². The quantitative estimate of drug-likeness (QED) is 0.0809. The summed E-state index contributed by atoms with van der Waals surface area (Å²) in [5, 5.41) is 25.2. The number of nitrogens with two attached hydrogens (primary N) is 1. The van der Waals surface area contributed by atoms with Crippen LogP contribution in [0.25, 0.3) is 33.4 Å². The summed E-state index contributed by atoms with van der Waals surface area (Å²) in [6.07, 6.45) is 22.4. The van der Waals surface area contributed by atoms with Crippen molar-refractivity contribution in [3.05, 3.63) is 133 Å². The van der Waals surface area contributed by atoms with Gasteiger partial charge in [0.2, 0.25) is 20.0 Å². The van der Waals surface area contributed by atoms with Gasteiger partial charge in [0, 0.05) is 115 Å². The number of pyridine rings is 2. The van der Waals surface area contributed by atoms with Gasteiger partial charge in [-0.1, -0.05) is 54.9 Å². The molecule has 2 saturated carbocycles. The zero-order valence-corrected chi connectivity index (χ0v) is 66.6. The smallest absolute Gasteiger partial charge is 0.354 e. The molecule has 0 spiro atoms. The Morgan fingerprint density at radius 1 is 0.577 bits per heavy atom. The van der Waals surface area contributed by atoms with Crippen LogP contribution in [-0.4, -0.2) is 255 Å². The Labute approximate surface area is 649 Å². The number of nitrogens with zero attached hydrogens (tertiary/aromatic N) is 17. The maximum atomic E-state index is 13.7. The summed E-state index contributed by atoms with van der Waals surface area (Å²) in [4.78, 5) is 72.3. The van der Waals surface area contributed by atoms with Crippen molar-refractivity contribution in [2.24, 2.45) is 10.1 Å². The molecule has 1 amide bonds. The van der Waals surface area contributed by atoms with Crippen molar-refractivity contribution in [3.63, 3.8) is 0 Å². The van der Waals surface area contributed by atoms with Gasteiger partial charge in [0.15, 0.2) is 17.0 Å². The standard InChI is InChI=1S/C28H35FN6O4S.C25H30FN5O3.C9H16N2.C7H6N4O.C6H15N.C3H7NO2S/c1-18(2)26-25-24(34-11-9-20(10-12-34)33-13-15-39-16-14-33)17-23(28(36)32-40(37,38)22-7-8-22)30-27(25)35(31-26)21-5-3-19(29)4-6-21;1-16(2)23-22-21(30-9-7-18(8-10-30)29-11-13-34-14-12-29)15-20(25(32)33)27-24(22)31(28-23)19-5-3-17(26)4-6-19;1-2-5-9-10-6-4-8-11(9)7-3-1;12-7(10-3-1-8-5-10)11-4-2-9-6-11;1-4-7(5-2)6-3;4-7(5,6)3-1-2-3/h3-6,17-18,20,22H,7-16H2,1-2H3,(H,32,36);3-6,15-16,18H,7-14H2,1-2H3,(H,32,33);1-8H2;1-6H;4-6H2,1-3H3;3H,1-2H2,(H2,4,5,6). The number of morpholine rings is 2. The second-order valence-electron chi connectivity index (χ2n) is 29.6. The average Bonchev–Trinajstić information content (AvgIpc) is 1.61.